The van der Waals surface area contributed by atoms with Crippen LogP contribution in [0.25, 0.3) is 16.3 Å². The Hall–Kier alpha value is -3.64. The molecule has 0 N–H and O–H groups in total. The van der Waals surface area contributed by atoms with Gasteiger partial charge in [-0.2, -0.15) is 4.99 Å². The number of terminal acetylenes is 1. The van der Waals surface area contributed by atoms with Gasteiger partial charge in [0.05, 0.1) is 21.7 Å². The monoisotopic (exact) mass is 399 g/mol. The molecule has 3 rings (SSSR count). The molecule has 9 heteroatoms. The molecule has 0 aliphatic carbocycles. The molecule has 2 aromatic carbocycles. The van der Waals surface area contributed by atoms with Gasteiger partial charge < -0.3 is 4.57 Å². The number of nitro benzene ring substituents is 1. The summed E-state index contributed by atoms with van der Waals surface area (Å²) in [6.45, 7) is -0.0409. The van der Waals surface area contributed by atoms with Crippen molar-refractivity contribution in [2.75, 3.05) is 0 Å². The van der Waals surface area contributed by atoms with Gasteiger partial charge in [-0.1, -0.05) is 17.3 Å². The minimum Gasteiger partial charge on any atom is -0.302 e. The van der Waals surface area contributed by atoms with E-state index in [9.17, 15) is 23.7 Å². The van der Waals surface area contributed by atoms with Gasteiger partial charge in [-0.25, -0.2) is 8.78 Å². The van der Waals surface area contributed by atoms with Crippen LogP contribution in [0.2, 0.25) is 0 Å². The first kappa shape index (κ1) is 19.1. The molecule has 0 saturated heterocycles. The van der Waals surface area contributed by atoms with Crippen molar-refractivity contribution in [3.63, 3.8) is 0 Å². The number of carbonyl (C=O) groups is 1. The smallest absolute Gasteiger partial charge is 0.272 e. The first-order chi connectivity index (χ1) is 13.4. The van der Waals surface area contributed by atoms with E-state index < -0.39 is 22.5 Å². The van der Waals surface area contributed by atoms with Crippen molar-refractivity contribution in [2.24, 2.45) is 4.99 Å². The molecular formula is C19H11F2N3O3S. The number of carbonyl (C=O) groups excluding carboxylic acids is 1. The highest BCUT2D eigenvalue weighted by Gasteiger charge is 2.13. The second kappa shape index (κ2) is 7.94. The Bertz CT molecular complexity index is 1220. The molecule has 0 fully saturated rings. The quantitative estimate of drug-likeness (QED) is 0.291. The highest BCUT2D eigenvalue weighted by atomic mass is 32.1. The van der Waals surface area contributed by atoms with Gasteiger partial charge >= 0.3 is 0 Å². The van der Waals surface area contributed by atoms with E-state index in [1.54, 1.807) is 0 Å². The molecular weight excluding hydrogens is 388 g/mol. The van der Waals surface area contributed by atoms with Gasteiger partial charge in [-0.15, -0.1) is 6.42 Å². The number of halogens is 2. The van der Waals surface area contributed by atoms with Crippen molar-refractivity contribution >= 4 is 39.2 Å². The first-order valence-corrected chi connectivity index (χ1v) is 8.64. The molecule has 0 unspecified atom stereocenters. The number of nitrogens with zero attached hydrogens (tertiary/aromatic N) is 3. The van der Waals surface area contributed by atoms with Crippen LogP contribution in [0.3, 0.4) is 0 Å². The van der Waals surface area contributed by atoms with E-state index in [-0.39, 0.29) is 27.3 Å². The predicted molar refractivity (Wildman–Crippen MR) is 101 cm³/mol. The molecule has 0 spiro atoms. The van der Waals surface area contributed by atoms with Crippen LogP contribution in [0.5, 0.6) is 0 Å². The number of rotatable bonds is 4. The Labute approximate surface area is 161 Å². The fraction of sp³-hybridized carbons (Fsp3) is 0.0526. The third-order valence-corrected chi connectivity index (χ3v) is 4.70. The van der Waals surface area contributed by atoms with Crippen LogP contribution in [0.1, 0.15) is 5.56 Å². The van der Waals surface area contributed by atoms with Gasteiger partial charge in [0.2, 0.25) is 0 Å². The van der Waals surface area contributed by atoms with Crippen molar-refractivity contribution < 1.29 is 18.5 Å². The fourth-order valence-corrected chi connectivity index (χ4v) is 3.53. The molecule has 1 heterocycles. The Balaban J connectivity index is 1.96. The number of non-ortho nitro benzene ring substituents is 1. The molecule has 0 bridgehead atoms. The number of hydrogen-bond donors (Lipinski definition) is 0. The van der Waals surface area contributed by atoms with Crippen LogP contribution in [0.4, 0.5) is 14.5 Å². The largest absolute Gasteiger partial charge is 0.302 e. The van der Waals surface area contributed by atoms with Gasteiger partial charge in [-0.05, 0) is 29.8 Å². The molecule has 1 aromatic heterocycles. The summed E-state index contributed by atoms with van der Waals surface area (Å²) in [7, 11) is 0. The summed E-state index contributed by atoms with van der Waals surface area (Å²) in [6.07, 6.45) is 7.92. The van der Waals surface area contributed by atoms with E-state index in [2.05, 4.69) is 10.9 Å². The van der Waals surface area contributed by atoms with Crippen LogP contribution < -0.4 is 4.80 Å². The lowest BCUT2D eigenvalue weighted by Crippen LogP contribution is -2.16. The summed E-state index contributed by atoms with van der Waals surface area (Å²) in [6, 6.07) is 7.47. The van der Waals surface area contributed by atoms with Crippen LogP contribution in [0, 0.1) is 34.1 Å². The van der Waals surface area contributed by atoms with E-state index >= 15 is 0 Å². The molecule has 0 atom stereocenters. The number of aromatic nitrogens is 1. The zero-order chi connectivity index (χ0) is 20.3. The summed E-state index contributed by atoms with van der Waals surface area (Å²) < 4.78 is 29.2. The fourth-order valence-electron chi connectivity index (χ4n) is 2.46. The zero-order valence-corrected chi connectivity index (χ0v) is 15.0. The van der Waals surface area contributed by atoms with Crippen molar-refractivity contribution in [2.45, 2.75) is 6.54 Å². The summed E-state index contributed by atoms with van der Waals surface area (Å²) in [5.74, 6) is 0.177. The number of thiazole rings is 1. The van der Waals surface area contributed by atoms with E-state index in [1.807, 2.05) is 0 Å². The van der Waals surface area contributed by atoms with E-state index in [1.165, 1.54) is 41.0 Å². The molecule has 0 aliphatic rings. The standard InChI is InChI=1S/C19H11F2N3O3S/c1-2-9-23-18-15(21)10-13(20)11-16(18)28-19(23)22-17(25)8-5-12-3-6-14(7-4-12)24(26)27/h1,3-8,10-11H,9H2. The van der Waals surface area contributed by atoms with Crippen LogP contribution in [-0.4, -0.2) is 15.4 Å². The van der Waals surface area contributed by atoms with E-state index in [0.717, 1.165) is 23.5 Å². The normalized spacial score (nSPS) is 11.8. The van der Waals surface area contributed by atoms with Crippen LogP contribution in [0.15, 0.2) is 47.5 Å². The second-order valence-electron chi connectivity index (χ2n) is 5.54. The van der Waals surface area contributed by atoms with Crippen molar-refractivity contribution in [3.05, 3.63) is 74.6 Å². The summed E-state index contributed by atoms with van der Waals surface area (Å²) in [4.78, 5) is 26.3. The van der Waals surface area contributed by atoms with Gasteiger partial charge in [0.1, 0.15) is 5.82 Å². The Morgan fingerprint density at radius 1 is 1.32 bits per heavy atom. The third kappa shape index (κ3) is 4.02. The number of benzene rings is 2. The maximum atomic E-state index is 14.1. The van der Waals surface area contributed by atoms with Gasteiger partial charge in [0.25, 0.3) is 11.6 Å². The van der Waals surface area contributed by atoms with Gasteiger partial charge in [0.15, 0.2) is 10.6 Å². The van der Waals surface area contributed by atoms with E-state index in [0.29, 0.717) is 5.56 Å². The minimum absolute atomic E-state index is 0.0409. The summed E-state index contributed by atoms with van der Waals surface area (Å²) in [5.41, 5.74) is 0.577. The first-order valence-electron chi connectivity index (χ1n) is 7.82. The third-order valence-electron chi connectivity index (χ3n) is 3.67. The number of hydrogen-bond acceptors (Lipinski definition) is 4. The predicted octanol–water partition coefficient (Wildman–Crippen LogP) is 3.66. The van der Waals surface area contributed by atoms with Crippen LogP contribution in [-0.2, 0) is 11.3 Å². The molecule has 140 valence electrons. The number of fused-ring (bicyclic) bond motifs is 1. The maximum Gasteiger partial charge on any atom is 0.272 e. The SMILES string of the molecule is C#CCn1c(=NC(=O)C=Cc2ccc([N+](=O)[O-])cc2)sc2cc(F)cc(F)c21. The van der Waals surface area contributed by atoms with Crippen molar-refractivity contribution in [1.29, 1.82) is 0 Å². The highest BCUT2D eigenvalue weighted by molar-refractivity contribution is 7.16. The molecule has 28 heavy (non-hydrogen) atoms. The Morgan fingerprint density at radius 2 is 2.04 bits per heavy atom. The lowest BCUT2D eigenvalue weighted by atomic mass is 10.2. The number of amides is 1. The lowest BCUT2D eigenvalue weighted by Gasteiger charge is -2.00. The molecule has 0 aliphatic heterocycles. The second-order valence-corrected chi connectivity index (χ2v) is 6.55. The van der Waals surface area contributed by atoms with E-state index in [4.69, 9.17) is 6.42 Å². The molecule has 3 aromatic rings. The summed E-state index contributed by atoms with van der Waals surface area (Å²) >= 11 is 0.938. The Kier molecular flexibility index (Phi) is 5.42. The minimum atomic E-state index is -0.795. The highest BCUT2D eigenvalue weighted by Crippen LogP contribution is 2.22. The molecule has 0 saturated carbocycles. The van der Waals surface area contributed by atoms with Gasteiger partial charge in [0, 0.05) is 24.3 Å². The topological polar surface area (TPSA) is 77.5 Å². The molecule has 1 amide bonds. The number of nitro groups is 1. The molecule has 0 radical (unpaired) electrons. The average molecular weight is 399 g/mol. The maximum absolute atomic E-state index is 14.1. The lowest BCUT2D eigenvalue weighted by molar-refractivity contribution is -0.384. The summed E-state index contributed by atoms with van der Waals surface area (Å²) in [5, 5.41) is 10.6. The van der Waals surface area contributed by atoms with Gasteiger partial charge in [-0.3, -0.25) is 14.9 Å². The Morgan fingerprint density at radius 3 is 2.68 bits per heavy atom. The molecule has 6 nitrogen and oxygen atoms in total. The van der Waals surface area contributed by atoms with Crippen LogP contribution >= 0.6 is 11.3 Å². The zero-order valence-electron chi connectivity index (χ0n) is 14.1. The average Bonchev–Trinajstić information content (AvgIpc) is 2.97. The van der Waals surface area contributed by atoms with Crippen molar-refractivity contribution in [3.8, 4) is 12.3 Å². The van der Waals surface area contributed by atoms with Crippen molar-refractivity contribution in [1.82, 2.24) is 4.57 Å².